The molecule has 0 spiro atoms. The number of carbonyl (C=O) groups is 1. The van der Waals surface area contributed by atoms with Gasteiger partial charge in [0.25, 0.3) is 0 Å². The number of amides is 1. The van der Waals surface area contributed by atoms with Gasteiger partial charge in [-0.05, 0) is 31.2 Å². The molecule has 2 unspecified atom stereocenters. The van der Waals surface area contributed by atoms with Crippen LogP contribution < -0.4 is 5.73 Å². The van der Waals surface area contributed by atoms with Crippen LogP contribution in [0.4, 0.5) is 0 Å². The zero-order valence-electron chi connectivity index (χ0n) is 11.7. The molecule has 2 atom stereocenters. The van der Waals surface area contributed by atoms with Gasteiger partial charge in [0.1, 0.15) is 0 Å². The Balaban J connectivity index is 2.06. The highest BCUT2D eigenvalue weighted by atomic mass is 16.2. The Kier molecular flexibility index (Phi) is 4.97. The van der Waals surface area contributed by atoms with Crippen LogP contribution >= 0.6 is 0 Å². The molecule has 1 heterocycles. The Hall–Kier alpha value is -1.35. The second kappa shape index (κ2) is 6.71. The van der Waals surface area contributed by atoms with Crippen LogP contribution in [0.3, 0.4) is 0 Å². The Morgan fingerprint density at radius 1 is 1.37 bits per heavy atom. The lowest BCUT2D eigenvalue weighted by Gasteiger charge is -2.37. The van der Waals surface area contributed by atoms with Crippen molar-refractivity contribution in [3.05, 3.63) is 35.9 Å². The molecule has 19 heavy (non-hydrogen) atoms. The van der Waals surface area contributed by atoms with E-state index in [9.17, 15) is 4.79 Å². The number of nitrogens with zero attached hydrogens (tertiary/aromatic N) is 1. The molecule has 1 amide bonds. The smallest absolute Gasteiger partial charge is 0.226 e. The van der Waals surface area contributed by atoms with Crippen molar-refractivity contribution in [2.75, 3.05) is 13.1 Å². The molecule has 0 aromatic heterocycles. The van der Waals surface area contributed by atoms with Crippen LogP contribution in [0.2, 0.25) is 0 Å². The molecule has 3 heteroatoms. The molecule has 1 aliphatic rings. The van der Waals surface area contributed by atoms with Gasteiger partial charge < -0.3 is 10.6 Å². The van der Waals surface area contributed by atoms with E-state index < -0.39 is 0 Å². The van der Waals surface area contributed by atoms with E-state index in [-0.39, 0.29) is 11.8 Å². The highest BCUT2D eigenvalue weighted by molar-refractivity contribution is 5.79. The summed E-state index contributed by atoms with van der Waals surface area (Å²) >= 11 is 0. The van der Waals surface area contributed by atoms with Crippen molar-refractivity contribution in [1.82, 2.24) is 4.90 Å². The lowest BCUT2D eigenvalue weighted by atomic mass is 9.94. The minimum atomic E-state index is -0.0589. The number of benzene rings is 1. The molecular weight excluding hydrogens is 236 g/mol. The van der Waals surface area contributed by atoms with Gasteiger partial charge in [0, 0.05) is 25.0 Å². The van der Waals surface area contributed by atoms with E-state index in [1.54, 1.807) is 0 Å². The molecule has 0 saturated carbocycles. The first-order valence-electron chi connectivity index (χ1n) is 7.27. The van der Waals surface area contributed by atoms with Crippen molar-refractivity contribution in [3.63, 3.8) is 0 Å². The Morgan fingerprint density at radius 3 is 2.79 bits per heavy atom. The second-order valence-corrected chi connectivity index (χ2v) is 5.51. The summed E-state index contributed by atoms with van der Waals surface area (Å²) in [5.41, 5.74) is 6.94. The topological polar surface area (TPSA) is 46.3 Å². The summed E-state index contributed by atoms with van der Waals surface area (Å²) in [4.78, 5) is 14.4. The third kappa shape index (κ3) is 3.57. The van der Waals surface area contributed by atoms with E-state index in [1.807, 2.05) is 13.0 Å². The Morgan fingerprint density at radius 2 is 2.11 bits per heavy atom. The summed E-state index contributed by atoms with van der Waals surface area (Å²) in [6.07, 6.45) is 4.41. The second-order valence-electron chi connectivity index (χ2n) is 5.51. The molecule has 1 fully saturated rings. The molecule has 2 N–H and O–H groups in total. The third-order valence-electron chi connectivity index (χ3n) is 4.00. The Labute approximate surface area is 115 Å². The molecule has 1 saturated heterocycles. The fourth-order valence-electron chi connectivity index (χ4n) is 2.77. The first-order valence-corrected chi connectivity index (χ1v) is 7.27. The number of rotatable bonds is 4. The summed E-state index contributed by atoms with van der Waals surface area (Å²) in [7, 11) is 0. The van der Waals surface area contributed by atoms with Crippen molar-refractivity contribution in [3.8, 4) is 0 Å². The maximum Gasteiger partial charge on any atom is 0.226 e. The molecule has 104 valence electrons. The number of hydrogen-bond acceptors (Lipinski definition) is 2. The molecule has 0 radical (unpaired) electrons. The van der Waals surface area contributed by atoms with Gasteiger partial charge in [-0.25, -0.2) is 0 Å². The first kappa shape index (κ1) is 14.1. The van der Waals surface area contributed by atoms with Crippen LogP contribution in [0.15, 0.2) is 30.3 Å². The number of carbonyl (C=O) groups excluding carboxylic acids is 1. The highest BCUT2D eigenvalue weighted by Gasteiger charge is 2.28. The van der Waals surface area contributed by atoms with E-state index >= 15 is 0 Å². The summed E-state index contributed by atoms with van der Waals surface area (Å²) in [6, 6.07) is 10.8. The van der Waals surface area contributed by atoms with Crippen molar-refractivity contribution >= 4 is 5.91 Å². The molecule has 3 nitrogen and oxygen atoms in total. The Bertz CT molecular complexity index is 404. The largest absolute Gasteiger partial charge is 0.339 e. The first-order chi connectivity index (χ1) is 9.22. The fourth-order valence-corrected chi connectivity index (χ4v) is 2.77. The van der Waals surface area contributed by atoms with Crippen LogP contribution in [0.5, 0.6) is 0 Å². The quantitative estimate of drug-likeness (QED) is 0.902. The van der Waals surface area contributed by atoms with E-state index in [4.69, 9.17) is 5.73 Å². The molecule has 0 bridgehead atoms. The van der Waals surface area contributed by atoms with Gasteiger partial charge in [-0.15, -0.1) is 0 Å². The summed E-state index contributed by atoms with van der Waals surface area (Å²) in [5, 5.41) is 0. The average molecular weight is 260 g/mol. The van der Waals surface area contributed by atoms with Crippen LogP contribution in [-0.2, 0) is 11.2 Å². The van der Waals surface area contributed by atoms with Crippen LogP contribution in [0.25, 0.3) is 0 Å². The number of hydrogen-bond donors (Lipinski definition) is 1. The summed E-state index contributed by atoms with van der Waals surface area (Å²) < 4.78 is 0. The van der Waals surface area contributed by atoms with Crippen molar-refractivity contribution in [2.45, 2.75) is 38.6 Å². The zero-order chi connectivity index (χ0) is 13.7. The minimum Gasteiger partial charge on any atom is -0.339 e. The monoisotopic (exact) mass is 260 g/mol. The molecule has 1 aliphatic heterocycles. The van der Waals surface area contributed by atoms with Crippen molar-refractivity contribution < 1.29 is 4.79 Å². The summed E-state index contributed by atoms with van der Waals surface area (Å²) in [6.45, 7) is 3.25. The molecular formula is C16H24N2O. The predicted molar refractivity (Wildman–Crippen MR) is 77.7 cm³/mol. The highest BCUT2D eigenvalue weighted by Crippen LogP contribution is 2.22. The molecule has 0 aliphatic carbocycles. The standard InChI is InChI=1S/C16H24N2O/c1-13(12-17)16(19)18-10-6-5-9-15(18)11-14-7-3-2-4-8-14/h2-4,7-8,13,15H,5-6,9-12,17H2,1H3. The van der Waals surface area contributed by atoms with E-state index in [0.29, 0.717) is 12.6 Å². The minimum absolute atomic E-state index is 0.0589. The summed E-state index contributed by atoms with van der Waals surface area (Å²) in [5.74, 6) is 0.166. The van der Waals surface area contributed by atoms with Crippen LogP contribution in [0.1, 0.15) is 31.7 Å². The SMILES string of the molecule is CC(CN)C(=O)N1CCCCC1Cc1ccccc1. The third-order valence-corrected chi connectivity index (χ3v) is 4.00. The van der Waals surface area contributed by atoms with Gasteiger partial charge in [-0.1, -0.05) is 37.3 Å². The van der Waals surface area contributed by atoms with E-state index in [0.717, 1.165) is 25.8 Å². The fraction of sp³-hybridized carbons (Fsp3) is 0.562. The maximum absolute atomic E-state index is 12.4. The lowest BCUT2D eigenvalue weighted by molar-refractivity contribution is -0.138. The van der Waals surface area contributed by atoms with Crippen molar-refractivity contribution in [1.29, 1.82) is 0 Å². The lowest BCUT2D eigenvalue weighted by Crippen LogP contribution is -2.48. The predicted octanol–water partition coefficient (Wildman–Crippen LogP) is 2.20. The molecule has 1 aromatic rings. The average Bonchev–Trinajstić information content (AvgIpc) is 2.47. The number of piperidine rings is 1. The van der Waals surface area contributed by atoms with Gasteiger partial charge in [0.05, 0.1) is 0 Å². The van der Waals surface area contributed by atoms with E-state index in [1.165, 1.54) is 12.0 Å². The van der Waals surface area contributed by atoms with Gasteiger partial charge in [-0.2, -0.15) is 0 Å². The van der Waals surface area contributed by atoms with Crippen LogP contribution in [0, 0.1) is 5.92 Å². The van der Waals surface area contributed by atoms with Gasteiger partial charge >= 0.3 is 0 Å². The van der Waals surface area contributed by atoms with Crippen molar-refractivity contribution in [2.24, 2.45) is 11.7 Å². The normalized spacial score (nSPS) is 21.2. The number of nitrogens with two attached hydrogens (primary N) is 1. The van der Waals surface area contributed by atoms with Gasteiger partial charge in [0.15, 0.2) is 0 Å². The molecule has 1 aromatic carbocycles. The molecule has 2 rings (SSSR count). The van der Waals surface area contributed by atoms with Gasteiger partial charge in [-0.3, -0.25) is 4.79 Å². The van der Waals surface area contributed by atoms with Crippen LogP contribution in [-0.4, -0.2) is 29.9 Å². The van der Waals surface area contributed by atoms with Gasteiger partial charge in [0.2, 0.25) is 5.91 Å². The zero-order valence-corrected chi connectivity index (χ0v) is 11.7. The number of likely N-dealkylation sites (tertiary alicyclic amines) is 1. The maximum atomic E-state index is 12.4. The van der Waals surface area contributed by atoms with E-state index in [2.05, 4.69) is 29.2 Å².